The van der Waals surface area contributed by atoms with E-state index in [9.17, 15) is 13.2 Å². The highest BCUT2D eigenvalue weighted by atomic mass is 32.2. The first kappa shape index (κ1) is 18.5. The quantitative estimate of drug-likeness (QED) is 0.822. The van der Waals surface area contributed by atoms with Gasteiger partial charge >= 0.3 is 0 Å². The summed E-state index contributed by atoms with van der Waals surface area (Å²) in [6, 6.07) is 5.38. The third kappa shape index (κ3) is 4.61. The van der Waals surface area contributed by atoms with Crippen molar-refractivity contribution < 1.29 is 22.7 Å². The molecule has 1 fully saturated rings. The standard InChI is InChI=1S/C16H24N2O5S/c1-22-14-6-7-15(23-2)13(9-14)10-17-16(19)12-5-4-8-18(11-12)24(3,20)21/h6-7,9,12H,4-5,8,10-11H2,1-3H3,(H,17,19)/t12-/m1/s1. The summed E-state index contributed by atoms with van der Waals surface area (Å²) in [6.07, 6.45) is 2.55. The number of amides is 1. The fraction of sp³-hybridized carbons (Fsp3) is 0.562. The molecule has 1 aliphatic heterocycles. The van der Waals surface area contributed by atoms with E-state index in [1.54, 1.807) is 26.4 Å². The zero-order chi connectivity index (χ0) is 17.7. The van der Waals surface area contributed by atoms with Crippen LogP contribution in [0, 0.1) is 5.92 Å². The minimum Gasteiger partial charge on any atom is -0.497 e. The molecule has 0 aromatic heterocycles. The van der Waals surface area contributed by atoms with E-state index in [0.717, 1.165) is 5.56 Å². The lowest BCUT2D eigenvalue weighted by Gasteiger charge is -2.30. The number of methoxy groups -OCH3 is 2. The Morgan fingerprint density at radius 2 is 2.08 bits per heavy atom. The van der Waals surface area contributed by atoms with Crippen molar-refractivity contribution in [3.63, 3.8) is 0 Å². The van der Waals surface area contributed by atoms with Crippen molar-refractivity contribution in [2.75, 3.05) is 33.6 Å². The van der Waals surface area contributed by atoms with Crippen LogP contribution in [0.5, 0.6) is 11.5 Å². The number of hydrogen-bond acceptors (Lipinski definition) is 5. The number of benzene rings is 1. The van der Waals surface area contributed by atoms with E-state index in [2.05, 4.69) is 5.32 Å². The first-order valence-electron chi connectivity index (χ1n) is 7.79. The van der Waals surface area contributed by atoms with Crippen LogP contribution < -0.4 is 14.8 Å². The van der Waals surface area contributed by atoms with Gasteiger partial charge in [-0.3, -0.25) is 4.79 Å². The van der Waals surface area contributed by atoms with Gasteiger partial charge in [0.25, 0.3) is 0 Å². The second-order valence-corrected chi connectivity index (χ2v) is 7.84. The fourth-order valence-corrected chi connectivity index (χ4v) is 3.72. The highest BCUT2D eigenvalue weighted by Gasteiger charge is 2.30. The Hall–Kier alpha value is -1.80. The second kappa shape index (κ2) is 7.85. The van der Waals surface area contributed by atoms with Gasteiger partial charge in [0.05, 0.1) is 26.4 Å². The van der Waals surface area contributed by atoms with Crippen LogP contribution >= 0.6 is 0 Å². The molecule has 1 N–H and O–H groups in total. The predicted octanol–water partition coefficient (Wildman–Crippen LogP) is 0.992. The lowest BCUT2D eigenvalue weighted by atomic mass is 9.98. The van der Waals surface area contributed by atoms with Crippen LogP contribution in [-0.2, 0) is 21.4 Å². The molecule has 134 valence electrons. The van der Waals surface area contributed by atoms with E-state index in [-0.39, 0.29) is 18.4 Å². The molecule has 24 heavy (non-hydrogen) atoms. The summed E-state index contributed by atoms with van der Waals surface area (Å²) in [5, 5.41) is 2.87. The van der Waals surface area contributed by atoms with Crippen molar-refractivity contribution in [1.29, 1.82) is 0 Å². The second-order valence-electron chi connectivity index (χ2n) is 5.86. The van der Waals surface area contributed by atoms with Crippen molar-refractivity contribution in [3.05, 3.63) is 23.8 Å². The van der Waals surface area contributed by atoms with Gasteiger partial charge in [-0.05, 0) is 31.0 Å². The van der Waals surface area contributed by atoms with E-state index < -0.39 is 10.0 Å². The summed E-state index contributed by atoms with van der Waals surface area (Å²) in [7, 11) is -0.119. The van der Waals surface area contributed by atoms with Gasteiger partial charge in [0.1, 0.15) is 11.5 Å². The molecule has 1 atom stereocenters. The lowest BCUT2D eigenvalue weighted by molar-refractivity contribution is -0.126. The molecule has 1 heterocycles. The molecule has 0 aliphatic carbocycles. The highest BCUT2D eigenvalue weighted by molar-refractivity contribution is 7.88. The maximum Gasteiger partial charge on any atom is 0.224 e. The summed E-state index contributed by atoms with van der Waals surface area (Å²) >= 11 is 0. The van der Waals surface area contributed by atoms with E-state index in [1.807, 2.05) is 6.07 Å². The zero-order valence-electron chi connectivity index (χ0n) is 14.2. The Bertz CT molecular complexity index is 690. The summed E-state index contributed by atoms with van der Waals surface area (Å²) in [5.74, 6) is 0.872. The average Bonchev–Trinajstić information content (AvgIpc) is 2.58. The highest BCUT2D eigenvalue weighted by Crippen LogP contribution is 2.24. The fourth-order valence-electron chi connectivity index (χ4n) is 2.80. The number of piperidine rings is 1. The number of carbonyl (C=O) groups excluding carboxylic acids is 1. The first-order valence-corrected chi connectivity index (χ1v) is 9.63. The summed E-state index contributed by atoms with van der Waals surface area (Å²) < 4.78 is 35.1. The number of carbonyl (C=O) groups is 1. The Morgan fingerprint density at radius 1 is 1.33 bits per heavy atom. The van der Waals surface area contributed by atoms with Gasteiger partial charge in [0, 0.05) is 25.2 Å². The number of ether oxygens (including phenoxy) is 2. The molecule has 0 bridgehead atoms. The van der Waals surface area contributed by atoms with Crippen LogP contribution in [-0.4, -0.2) is 52.2 Å². The molecule has 1 saturated heterocycles. The maximum absolute atomic E-state index is 12.4. The van der Waals surface area contributed by atoms with Crippen molar-refractivity contribution in [3.8, 4) is 11.5 Å². The molecule has 1 aromatic carbocycles. The Kier molecular flexibility index (Phi) is 6.06. The lowest BCUT2D eigenvalue weighted by Crippen LogP contribution is -2.44. The third-order valence-corrected chi connectivity index (χ3v) is 5.43. The Morgan fingerprint density at radius 3 is 2.71 bits per heavy atom. The van der Waals surface area contributed by atoms with Crippen LogP contribution in [0.4, 0.5) is 0 Å². The van der Waals surface area contributed by atoms with Crippen LogP contribution in [0.15, 0.2) is 18.2 Å². The van der Waals surface area contributed by atoms with Gasteiger partial charge in [-0.15, -0.1) is 0 Å². The minimum absolute atomic E-state index is 0.145. The van der Waals surface area contributed by atoms with E-state index in [0.29, 0.717) is 37.4 Å². The molecule has 1 amide bonds. The number of hydrogen-bond donors (Lipinski definition) is 1. The molecule has 1 aromatic rings. The predicted molar refractivity (Wildman–Crippen MR) is 90.5 cm³/mol. The van der Waals surface area contributed by atoms with Crippen LogP contribution in [0.25, 0.3) is 0 Å². The average molecular weight is 356 g/mol. The Balaban J connectivity index is 2.00. The molecule has 0 radical (unpaired) electrons. The molecular weight excluding hydrogens is 332 g/mol. The first-order chi connectivity index (χ1) is 11.3. The van der Waals surface area contributed by atoms with Gasteiger partial charge in [0.15, 0.2) is 0 Å². The topological polar surface area (TPSA) is 84.9 Å². The van der Waals surface area contributed by atoms with E-state index in [4.69, 9.17) is 9.47 Å². The molecule has 0 unspecified atom stereocenters. The van der Waals surface area contributed by atoms with Gasteiger partial charge < -0.3 is 14.8 Å². The molecule has 0 saturated carbocycles. The molecule has 0 spiro atoms. The van der Waals surface area contributed by atoms with Crippen LogP contribution in [0.3, 0.4) is 0 Å². The number of nitrogens with one attached hydrogen (secondary N) is 1. The van der Waals surface area contributed by atoms with Crippen molar-refractivity contribution >= 4 is 15.9 Å². The maximum atomic E-state index is 12.4. The minimum atomic E-state index is -3.26. The molecule has 1 aliphatic rings. The molecule has 2 rings (SSSR count). The van der Waals surface area contributed by atoms with Crippen molar-refractivity contribution in [1.82, 2.24) is 9.62 Å². The van der Waals surface area contributed by atoms with Crippen molar-refractivity contribution in [2.45, 2.75) is 19.4 Å². The molecule has 8 heteroatoms. The number of rotatable bonds is 6. The largest absolute Gasteiger partial charge is 0.497 e. The summed E-state index contributed by atoms with van der Waals surface area (Å²) in [6.45, 7) is 1.01. The van der Waals surface area contributed by atoms with Gasteiger partial charge in [-0.25, -0.2) is 12.7 Å². The zero-order valence-corrected chi connectivity index (χ0v) is 15.1. The normalized spacial score (nSPS) is 18.9. The van der Waals surface area contributed by atoms with E-state index >= 15 is 0 Å². The van der Waals surface area contributed by atoms with Gasteiger partial charge in [0.2, 0.25) is 15.9 Å². The van der Waals surface area contributed by atoms with Crippen molar-refractivity contribution in [2.24, 2.45) is 5.92 Å². The van der Waals surface area contributed by atoms with E-state index in [1.165, 1.54) is 10.6 Å². The smallest absolute Gasteiger partial charge is 0.224 e. The number of sulfonamides is 1. The van der Waals surface area contributed by atoms with Gasteiger partial charge in [-0.2, -0.15) is 0 Å². The number of nitrogens with zero attached hydrogens (tertiary/aromatic N) is 1. The van der Waals surface area contributed by atoms with Crippen LogP contribution in [0.2, 0.25) is 0 Å². The third-order valence-electron chi connectivity index (χ3n) is 4.16. The SMILES string of the molecule is COc1ccc(OC)c(CNC(=O)[C@@H]2CCCN(S(C)(=O)=O)C2)c1. The summed E-state index contributed by atoms with van der Waals surface area (Å²) in [5.41, 5.74) is 0.806. The summed E-state index contributed by atoms with van der Waals surface area (Å²) in [4.78, 5) is 12.4. The Labute approximate surface area is 143 Å². The monoisotopic (exact) mass is 356 g/mol. The molecule has 7 nitrogen and oxygen atoms in total. The van der Waals surface area contributed by atoms with Gasteiger partial charge in [-0.1, -0.05) is 0 Å². The van der Waals surface area contributed by atoms with Crippen LogP contribution in [0.1, 0.15) is 18.4 Å². The molecular formula is C16H24N2O5S.